The Kier molecular flexibility index (Phi) is 9.74. The first-order chi connectivity index (χ1) is 18.2. The molecule has 2 aliphatic carbocycles. The zero-order valence-corrected chi connectivity index (χ0v) is 23.6. The van der Waals surface area contributed by atoms with E-state index in [2.05, 4.69) is 24.6 Å². The van der Waals surface area contributed by atoms with E-state index in [0.717, 1.165) is 60.2 Å². The fraction of sp³-hybridized carbons (Fsp3) is 0.677. The van der Waals surface area contributed by atoms with Crippen molar-refractivity contribution >= 4 is 11.9 Å². The first-order valence-electron chi connectivity index (χ1n) is 14.5. The number of carboxylic acid groups (broad SMARTS) is 1. The molecule has 0 aromatic heterocycles. The number of carbonyl (C=O) groups excluding carboxylic acids is 1. The molecule has 2 atom stereocenters. The molecule has 1 heterocycles. The Hall–Kier alpha value is -2.54. The summed E-state index contributed by atoms with van der Waals surface area (Å²) in [6, 6.07) is 5.83. The number of benzene rings is 1. The quantitative estimate of drug-likeness (QED) is 0.296. The second-order valence-corrected chi connectivity index (χ2v) is 12.1. The summed E-state index contributed by atoms with van der Waals surface area (Å²) in [6.07, 6.45) is 9.10. The van der Waals surface area contributed by atoms with E-state index in [1.165, 1.54) is 24.8 Å². The van der Waals surface area contributed by atoms with Gasteiger partial charge in [0.05, 0.1) is 13.2 Å². The predicted molar refractivity (Wildman–Crippen MR) is 147 cm³/mol. The van der Waals surface area contributed by atoms with Gasteiger partial charge in [-0.05, 0) is 99.2 Å². The van der Waals surface area contributed by atoms with Crippen LogP contribution in [0.15, 0.2) is 29.5 Å². The van der Waals surface area contributed by atoms with Gasteiger partial charge in [0.1, 0.15) is 11.5 Å². The summed E-state index contributed by atoms with van der Waals surface area (Å²) < 4.78 is 5.48. The highest BCUT2D eigenvalue weighted by molar-refractivity contribution is 5.76. The van der Waals surface area contributed by atoms with Crippen LogP contribution in [0.3, 0.4) is 0 Å². The fourth-order valence-electron chi connectivity index (χ4n) is 6.45. The van der Waals surface area contributed by atoms with Crippen LogP contribution in [0.2, 0.25) is 0 Å². The molecular weight excluding hydrogens is 480 g/mol. The molecule has 4 rings (SSSR count). The van der Waals surface area contributed by atoms with Gasteiger partial charge in [0.25, 0.3) is 0 Å². The molecule has 1 aliphatic heterocycles. The highest BCUT2D eigenvalue weighted by Gasteiger charge is 2.44. The molecule has 7 heteroatoms. The van der Waals surface area contributed by atoms with E-state index in [1.54, 1.807) is 7.11 Å². The molecule has 3 aliphatic rings. The van der Waals surface area contributed by atoms with Crippen LogP contribution < -0.4 is 15.5 Å². The first kappa shape index (κ1) is 28.5. The maximum absolute atomic E-state index is 13.1. The monoisotopic (exact) mass is 526 g/mol. The largest absolute Gasteiger partial charge is 0.496 e. The normalized spacial score (nSPS) is 24.3. The average molecular weight is 527 g/mol. The van der Waals surface area contributed by atoms with Crippen LogP contribution in [-0.4, -0.2) is 30.1 Å². The van der Waals surface area contributed by atoms with Crippen molar-refractivity contribution in [2.45, 2.75) is 97.6 Å². The van der Waals surface area contributed by atoms with Crippen LogP contribution in [-0.2, 0) is 21.0 Å². The maximum Gasteiger partial charge on any atom is 0.303 e. The highest BCUT2D eigenvalue weighted by atomic mass is 16.7. The number of rotatable bonds is 13. The first-order valence-corrected chi connectivity index (χ1v) is 14.5. The summed E-state index contributed by atoms with van der Waals surface area (Å²) >= 11 is 0. The number of nitrogens with one attached hydrogen (secondary N) is 2. The predicted octanol–water partition coefficient (Wildman–Crippen LogP) is 5.91. The molecule has 0 radical (unpaired) electrons. The molecule has 38 heavy (non-hydrogen) atoms. The lowest BCUT2D eigenvalue weighted by molar-refractivity contribution is -0.137. The Balaban J connectivity index is 1.44. The van der Waals surface area contributed by atoms with Crippen LogP contribution in [0.5, 0.6) is 5.75 Å². The molecule has 0 saturated heterocycles. The van der Waals surface area contributed by atoms with Gasteiger partial charge in [-0.1, -0.05) is 26.0 Å². The molecule has 3 N–H and O–H groups in total. The van der Waals surface area contributed by atoms with Gasteiger partial charge in [0.15, 0.2) is 0 Å². The number of ether oxygens (including phenoxy) is 1. The van der Waals surface area contributed by atoms with Crippen molar-refractivity contribution in [3.8, 4) is 5.75 Å². The lowest BCUT2D eigenvalue weighted by Crippen LogP contribution is -2.37. The van der Waals surface area contributed by atoms with Gasteiger partial charge in [-0.25, -0.2) is 0 Å². The number of aryl methyl sites for hydroxylation is 1. The number of allylic oxidation sites excluding steroid dienone is 1. The average Bonchev–Trinajstić information content (AvgIpc) is 3.63. The second-order valence-electron chi connectivity index (χ2n) is 12.1. The van der Waals surface area contributed by atoms with E-state index < -0.39 is 5.97 Å². The lowest BCUT2D eigenvalue weighted by atomic mass is 9.76. The van der Waals surface area contributed by atoms with E-state index in [0.29, 0.717) is 24.8 Å². The molecule has 1 aromatic carbocycles. The van der Waals surface area contributed by atoms with Crippen molar-refractivity contribution in [3.05, 3.63) is 40.7 Å². The number of methoxy groups -OCH3 is 1. The van der Waals surface area contributed by atoms with Crippen molar-refractivity contribution in [2.75, 3.05) is 7.11 Å². The van der Waals surface area contributed by atoms with Crippen LogP contribution in [0.1, 0.15) is 89.2 Å². The van der Waals surface area contributed by atoms with Crippen molar-refractivity contribution in [1.82, 2.24) is 10.8 Å². The molecule has 2 unspecified atom stereocenters. The minimum atomic E-state index is -0.834. The molecular formula is C31H46N2O5. The standard InChI is InChI=1S/C31H46N2O5/c1-19(2)15-21-6-9-23(10-7-21)31-29(22-11-12-22)30(33-38-31)24(13-14-28(35)36)17-27(34)32-18-25-8-5-20(3)16-26(25)37-4/h5,8,16,19,21-24,30,33H,6-7,9-15,17-18H2,1-4H3,(H,32,34)(H,35,36). The molecule has 2 fully saturated rings. The molecule has 1 amide bonds. The number of carbonyl (C=O) groups is 2. The van der Waals surface area contributed by atoms with Crippen molar-refractivity contribution in [1.29, 1.82) is 0 Å². The van der Waals surface area contributed by atoms with Crippen molar-refractivity contribution < 1.29 is 24.3 Å². The molecule has 7 nitrogen and oxygen atoms in total. The Bertz CT molecular complexity index is 1010. The molecule has 0 spiro atoms. The topological polar surface area (TPSA) is 96.9 Å². The number of hydroxylamine groups is 1. The maximum atomic E-state index is 13.1. The SMILES string of the molecule is COc1cc(C)ccc1CNC(=O)CC(CCC(=O)O)C1NOC(C2CCC(CC(C)C)CC2)=C1C1CC1. The van der Waals surface area contributed by atoms with Crippen LogP contribution in [0.25, 0.3) is 0 Å². The summed E-state index contributed by atoms with van der Waals surface area (Å²) in [6.45, 7) is 6.99. The number of hydrogen-bond acceptors (Lipinski definition) is 5. The van der Waals surface area contributed by atoms with Gasteiger partial charge < -0.3 is 20.0 Å². The summed E-state index contributed by atoms with van der Waals surface area (Å²) in [4.78, 5) is 30.8. The van der Waals surface area contributed by atoms with Gasteiger partial charge in [0, 0.05) is 30.9 Å². The molecule has 2 saturated carbocycles. The molecule has 1 aromatic rings. The minimum absolute atomic E-state index is 0.0372. The van der Waals surface area contributed by atoms with Gasteiger partial charge in [-0.3, -0.25) is 9.59 Å². The van der Waals surface area contributed by atoms with Crippen molar-refractivity contribution in [2.24, 2.45) is 29.6 Å². The third-order valence-corrected chi connectivity index (χ3v) is 8.52. The summed E-state index contributed by atoms with van der Waals surface area (Å²) in [5.41, 5.74) is 6.62. The second kappa shape index (κ2) is 13.0. The third kappa shape index (κ3) is 7.52. The van der Waals surface area contributed by atoms with Crippen LogP contribution in [0, 0.1) is 36.5 Å². The van der Waals surface area contributed by atoms with E-state index in [-0.39, 0.29) is 30.7 Å². The van der Waals surface area contributed by atoms with Gasteiger partial charge in [0.2, 0.25) is 5.91 Å². The van der Waals surface area contributed by atoms with Crippen LogP contribution >= 0.6 is 0 Å². The fourth-order valence-corrected chi connectivity index (χ4v) is 6.45. The zero-order chi connectivity index (χ0) is 27.2. The Morgan fingerprint density at radius 2 is 1.84 bits per heavy atom. The number of amides is 1. The third-order valence-electron chi connectivity index (χ3n) is 8.52. The van der Waals surface area contributed by atoms with E-state index >= 15 is 0 Å². The lowest BCUT2D eigenvalue weighted by Gasteiger charge is -2.30. The summed E-state index contributed by atoms with van der Waals surface area (Å²) in [5, 5.41) is 12.5. The van der Waals surface area contributed by atoms with E-state index in [4.69, 9.17) is 9.57 Å². The number of aliphatic carboxylic acids is 1. The van der Waals surface area contributed by atoms with Crippen LogP contribution in [0.4, 0.5) is 0 Å². The Labute approximate surface area is 227 Å². The van der Waals surface area contributed by atoms with Gasteiger partial charge in [-0.15, -0.1) is 5.48 Å². The zero-order valence-electron chi connectivity index (χ0n) is 23.6. The number of hydrogen-bond donors (Lipinski definition) is 3. The van der Waals surface area contributed by atoms with Crippen molar-refractivity contribution in [3.63, 3.8) is 0 Å². The van der Waals surface area contributed by atoms with Gasteiger partial charge >= 0.3 is 5.97 Å². The molecule has 0 bridgehead atoms. The van der Waals surface area contributed by atoms with E-state index in [9.17, 15) is 14.7 Å². The number of carboxylic acids is 1. The summed E-state index contributed by atoms with van der Waals surface area (Å²) in [5.74, 6) is 3.26. The smallest absolute Gasteiger partial charge is 0.303 e. The van der Waals surface area contributed by atoms with Gasteiger partial charge in [-0.2, -0.15) is 0 Å². The van der Waals surface area contributed by atoms with E-state index in [1.807, 2.05) is 25.1 Å². The highest BCUT2D eigenvalue weighted by Crippen LogP contribution is 2.48. The minimum Gasteiger partial charge on any atom is -0.496 e. The Morgan fingerprint density at radius 1 is 1.13 bits per heavy atom. The molecule has 210 valence electrons. The Morgan fingerprint density at radius 3 is 2.47 bits per heavy atom. The summed E-state index contributed by atoms with van der Waals surface area (Å²) in [7, 11) is 1.63.